The predicted octanol–water partition coefficient (Wildman–Crippen LogP) is -0.157. The molecule has 0 spiro atoms. The number of sulfone groups is 1. The molecule has 11 nitrogen and oxygen atoms in total. The van der Waals surface area contributed by atoms with Crippen LogP contribution in [-0.4, -0.2) is 80.5 Å². The summed E-state index contributed by atoms with van der Waals surface area (Å²) in [5.41, 5.74) is 6.06. The molecule has 1 aromatic rings. The summed E-state index contributed by atoms with van der Waals surface area (Å²) in [5.74, 6) is -1.28. The Bertz CT molecular complexity index is 889. The highest BCUT2D eigenvalue weighted by Gasteiger charge is 2.40. The van der Waals surface area contributed by atoms with E-state index in [2.05, 4.69) is 20.8 Å². The number of alkyl halides is 1. The van der Waals surface area contributed by atoms with Gasteiger partial charge in [0.1, 0.15) is 29.6 Å². The molecule has 0 aliphatic carbocycles. The van der Waals surface area contributed by atoms with E-state index < -0.39 is 40.2 Å². The summed E-state index contributed by atoms with van der Waals surface area (Å²) in [6.45, 7) is 0.106. The quantitative estimate of drug-likeness (QED) is 0.473. The molecular formula is C18H27FN6O5S. The van der Waals surface area contributed by atoms with Gasteiger partial charge in [-0.2, -0.15) is 0 Å². The second-order valence-corrected chi connectivity index (χ2v) is 10.1. The van der Waals surface area contributed by atoms with Crippen LogP contribution in [0.25, 0.3) is 0 Å². The van der Waals surface area contributed by atoms with Crippen molar-refractivity contribution in [3.05, 3.63) is 23.4 Å². The third-order valence-electron chi connectivity index (χ3n) is 5.48. The van der Waals surface area contributed by atoms with Crippen molar-refractivity contribution in [2.75, 3.05) is 37.0 Å². The van der Waals surface area contributed by atoms with E-state index in [1.165, 1.54) is 12.4 Å². The summed E-state index contributed by atoms with van der Waals surface area (Å²) >= 11 is 0. The van der Waals surface area contributed by atoms with Crippen LogP contribution in [0.3, 0.4) is 0 Å². The van der Waals surface area contributed by atoms with Crippen molar-refractivity contribution in [1.82, 2.24) is 15.2 Å². The third kappa shape index (κ3) is 5.93. The Balaban J connectivity index is 1.74. The monoisotopic (exact) mass is 458 g/mol. The first-order valence-electron chi connectivity index (χ1n) is 9.98. The summed E-state index contributed by atoms with van der Waals surface area (Å²) in [6.07, 6.45) is 0.0959. The molecule has 0 radical (unpaired) electrons. The van der Waals surface area contributed by atoms with Gasteiger partial charge >= 0.3 is 0 Å². The van der Waals surface area contributed by atoms with Gasteiger partial charge in [0.05, 0.1) is 23.9 Å². The van der Waals surface area contributed by atoms with Crippen LogP contribution in [0.4, 0.5) is 10.1 Å². The Morgan fingerprint density at radius 1 is 1.45 bits per heavy atom. The molecule has 2 saturated heterocycles. The van der Waals surface area contributed by atoms with Crippen LogP contribution < -0.4 is 21.1 Å². The molecule has 13 heteroatoms. The van der Waals surface area contributed by atoms with Gasteiger partial charge in [0, 0.05) is 25.4 Å². The van der Waals surface area contributed by atoms with Crippen LogP contribution in [0.1, 0.15) is 12.8 Å². The average Bonchev–Trinajstić information content (AvgIpc) is 2.72. The molecule has 3 heterocycles. The molecular weight excluding hydrogens is 431 g/mol. The van der Waals surface area contributed by atoms with Gasteiger partial charge in [0.2, 0.25) is 5.91 Å². The summed E-state index contributed by atoms with van der Waals surface area (Å²) in [5, 5.41) is 8.39. The van der Waals surface area contributed by atoms with Gasteiger partial charge in [-0.05, 0) is 19.9 Å². The fourth-order valence-electron chi connectivity index (χ4n) is 3.81. The lowest BCUT2D eigenvalue weighted by Gasteiger charge is -2.39. The highest BCUT2D eigenvalue weighted by Crippen LogP contribution is 2.28. The highest BCUT2D eigenvalue weighted by molar-refractivity contribution is 7.91. The maximum absolute atomic E-state index is 13.6. The number of carbonyl (C=O) groups is 1. The summed E-state index contributed by atoms with van der Waals surface area (Å²) in [6, 6.07) is 1.56. The maximum atomic E-state index is 13.6. The van der Waals surface area contributed by atoms with E-state index in [0.717, 1.165) is 0 Å². The normalized spacial score (nSPS) is 26.5. The Morgan fingerprint density at radius 2 is 2.16 bits per heavy atom. The molecule has 4 unspecified atom stereocenters. The predicted molar refractivity (Wildman–Crippen MR) is 112 cm³/mol. The number of amides is 1. The summed E-state index contributed by atoms with van der Waals surface area (Å²) in [7, 11) is -1.41. The number of hydrogen-bond donors (Lipinski definition) is 3. The molecule has 2 aliphatic heterocycles. The smallest absolute Gasteiger partial charge is 0.234 e. The minimum absolute atomic E-state index is 0.0240. The molecule has 3 rings (SSSR count). The topological polar surface area (TPSA) is 156 Å². The second kappa shape index (κ2) is 9.94. The zero-order chi connectivity index (χ0) is 22.6. The standard InChI is InChI=1S/C18H27FN6O5S/c1-25-10-11(19)8-22-17(25)15(16(20)24-27)18(26)23-13-9-21-5-2-14(13)30-12-3-6-31(28,29)7-4-12/h2,5,9,11-12,15-17,22H,3-4,6-8,10,20H2,1H3,(H,23,26). The number of halogens is 1. The van der Waals surface area contributed by atoms with Crippen LogP contribution in [0.5, 0.6) is 5.75 Å². The number of ether oxygens (including phenoxy) is 1. The van der Waals surface area contributed by atoms with Gasteiger partial charge in [-0.15, -0.1) is 4.91 Å². The van der Waals surface area contributed by atoms with Crippen molar-refractivity contribution in [2.24, 2.45) is 16.8 Å². The van der Waals surface area contributed by atoms with Crippen LogP contribution in [0.15, 0.2) is 23.6 Å². The molecule has 172 valence electrons. The van der Waals surface area contributed by atoms with Gasteiger partial charge in [-0.3, -0.25) is 20.0 Å². The molecule has 0 aromatic carbocycles. The maximum Gasteiger partial charge on any atom is 0.234 e. The molecule has 2 fully saturated rings. The molecule has 2 aliphatic rings. The van der Waals surface area contributed by atoms with Crippen LogP contribution in [0.2, 0.25) is 0 Å². The van der Waals surface area contributed by atoms with Crippen LogP contribution >= 0.6 is 0 Å². The zero-order valence-electron chi connectivity index (χ0n) is 17.1. The molecule has 4 atom stereocenters. The van der Waals surface area contributed by atoms with Crippen LogP contribution in [0, 0.1) is 10.8 Å². The van der Waals surface area contributed by atoms with E-state index in [1.54, 1.807) is 18.0 Å². The summed E-state index contributed by atoms with van der Waals surface area (Å²) < 4.78 is 42.8. The fourth-order valence-corrected chi connectivity index (χ4v) is 5.26. The zero-order valence-corrected chi connectivity index (χ0v) is 17.9. The SMILES string of the molecule is CN1CC(F)CNC1C(C(=O)Nc1cnccc1OC1CCS(=O)(=O)CC1)C(N)N=O. The molecule has 1 amide bonds. The minimum Gasteiger partial charge on any atom is -0.488 e. The van der Waals surface area contributed by atoms with Crippen molar-refractivity contribution < 1.29 is 22.3 Å². The Kier molecular flexibility index (Phi) is 7.51. The number of rotatable bonds is 7. The van der Waals surface area contributed by atoms with Crippen LogP contribution in [-0.2, 0) is 14.6 Å². The first-order valence-corrected chi connectivity index (χ1v) is 11.8. The first-order chi connectivity index (χ1) is 14.7. The highest BCUT2D eigenvalue weighted by atomic mass is 32.2. The number of carbonyl (C=O) groups excluding carboxylic acids is 1. The van der Waals surface area contributed by atoms with Crippen molar-refractivity contribution in [3.8, 4) is 5.75 Å². The van der Waals surface area contributed by atoms with Crippen molar-refractivity contribution >= 4 is 21.4 Å². The molecule has 0 bridgehead atoms. The van der Waals surface area contributed by atoms with E-state index in [0.29, 0.717) is 18.6 Å². The van der Waals surface area contributed by atoms with E-state index in [-0.39, 0.29) is 36.4 Å². The molecule has 31 heavy (non-hydrogen) atoms. The van der Waals surface area contributed by atoms with E-state index >= 15 is 0 Å². The Morgan fingerprint density at radius 3 is 2.81 bits per heavy atom. The first kappa shape index (κ1) is 23.4. The number of nitrogens with zero attached hydrogens (tertiary/aromatic N) is 3. The number of nitroso groups, excluding NO2 is 1. The van der Waals surface area contributed by atoms with Gasteiger partial charge in [0.25, 0.3) is 0 Å². The second-order valence-electron chi connectivity index (χ2n) is 7.84. The fraction of sp³-hybridized carbons (Fsp3) is 0.667. The molecule has 1 aromatic heterocycles. The van der Waals surface area contributed by atoms with E-state index in [4.69, 9.17) is 10.5 Å². The lowest BCUT2D eigenvalue weighted by Crippen LogP contribution is -2.62. The van der Waals surface area contributed by atoms with Gasteiger partial charge in [-0.25, -0.2) is 12.8 Å². The summed E-state index contributed by atoms with van der Waals surface area (Å²) in [4.78, 5) is 29.8. The minimum atomic E-state index is -3.04. The van der Waals surface area contributed by atoms with Gasteiger partial charge in [0.15, 0.2) is 16.0 Å². The van der Waals surface area contributed by atoms with Crippen molar-refractivity contribution in [1.29, 1.82) is 0 Å². The number of nitrogens with one attached hydrogen (secondary N) is 2. The number of anilines is 1. The van der Waals surface area contributed by atoms with Crippen molar-refractivity contribution in [2.45, 2.75) is 37.4 Å². The lowest BCUT2D eigenvalue weighted by molar-refractivity contribution is -0.124. The van der Waals surface area contributed by atoms with Gasteiger partial charge < -0.3 is 15.8 Å². The van der Waals surface area contributed by atoms with Crippen molar-refractivity contribution in [3.63, 3.8) is 0 Å². The largest absolute Gasteiger partial charge is 0.488 e. The lowest BCUT2D eigenvalue weighted by atomic mass is 9.98. The molecule has 0 saturated carbocycles. The number of aromatic nitrogens is 1. The number of nitrogens with two attached hydrogens (primary N) is 1. The number of pyridine rings is 1. The Hall–Kier alpha value is -2.22. The van der Waals surface area contributed by atoms with Gasteiger partial charge in [-0.1, -0.05) is 5.18 Å². The average molecular weight is 459 g/mol. The Labute approximate surface area is 179 Å². The van der Waals surface area contributed by atoms with E-state index in [9.17, 15) is 22.5 Å². The molecule has 4 N–H and O–H groups in total. The third-order valence-corrected chi connectivity index (χ3v) is 7.19. The van der Waals surface area contributed by atoms with E-state index in [1.807, 2.05) is 0 Å². The number of hydrogen-bond acceptors (Lipinski definition) is 10.